The van der Waals surface area contributed by atoms with Crippen LogP contribution in [0.25, 0.3) is 33.3 Å². The lowest BCUT2D eigenvalue weighted by atomic mass is 9.94. The largest absolute Gasteiger partial charge is 0.478 e. The van der Waals surface area contributed by atoms with Crippen molar-refractivity contribution in [3.63, 3.8) is 0 Å². The third-order valence-electron chi connectivity index (χ3n) is 5.25. The quantitative estimate of drug-likeness (QED) is 0.318. The molecule has 0 aliphatic carbocycles. The number of benzene rings is 3. The highest BCUT2D eigenvalue weighted by atomic mass is 16.4. The highest BCUT2D eigenvalue weighted by molar-refractivity contribution is 6.03. The molecule has 148 valence electrons. The highest BCUT2D eigenvalue weighted by Crippen LogP contribution is 2.30. The van der Waals surface area contributed by atoms with E-state index in [4.69, 9.17) is 6.42 Å². The van der Waals surface area contributed by atoms with E-state index in [-0.39, 0.29) is 5.56 Å². The van der Waals surface area contributed by atoms with E-state index >= 15 is 0 Å². The van der Waals surface area contributed by atoms with Gasteiger partial charge in [-0.15, -0.1) is 12.3 Å². The van der Waals surface area contributed by atoms with Gasteiger partial charge in [-0.2, -0.15) is 0 Å². The SMILES string of the molecule is C#CCCCc1ccccc1-c1ccc(-c2cc(C(=O)O)c3nc(C)[nH]c3c2)cc1. The second kappa shape index (κ2) is 8.26. The first kappa shape index (κ1) is 19.5. The maximum Gasteiger partial charge on any atom is 0.337 e. The van der Waals surface area contributed by atoms with Gasteiger partial charge in [0.15, 0.2) is 0 Å². The van der Waals surface area contributed by atoms with Crippen molar-refractivity contribution in [3.05, 3.63) is 77.6 Å². The summed E-state index contributed by atoms with van der Waals surface area (Å²) in [6, 6.07) is 20.2. The molecule has 4 aromatic rings. The third-order valence-corrected chi connectivity index (χ3v) is 5.25. The fourth-order valence-electron chi connectivity index (χ4n) is 3.81. The summed E-state index contributed by atoms with van der Waals surface area (Å²) in [5.41, 5.74) is 6.83. The molecule has 0 fully saturated rings. The number of carboxylic acid groups (broad SMARTS) is 1. The zero-order valence-electron chi connectivity index (χ0n) is 16.8. The fourth-order valence-corrected chi connectivity index (χ4v) is 3.81. The average molecular weight is 394 g/mol. The molecule has 0 aliphatic heterocycles. The summed E-state index contributed by atoms with van der Waals surface area (Å²) in [4.78, 5) is 19.2. The molecule has 4 heteroatoms. The first-order chi connectivity index (χ1) is 14.6. The first-order valence-corrected chi connectivity index (χ1v) is 9.92. The Morgan fingerprint density at radius 3 is 2.53 bits per heavy atom. The molecule has 0 spiro atoms. The number of fused-ring (bicyclic) bond motifs is 1. The molecule has 1 aromatic heterocycles. The minimum absolute atomic E-state index is 0.204. The second-order valence-corrected chi connectivity index (χ2v) is 7.34. The van der Waals surface area contributed by atoms with Crippen LogP contribution in [0.1, 0.15) is 34.6 Å². The van der Waals surface area contributed by atoms with Crippen LogP contribution in [0.3, 0.4) is 0 Å². The Labute approximate surface area is 175 Å². The number of rotatable bonds is 6. The number of carboxylic acids is 1. The van der Waals surface area contributed by atoms with Gasteiger partial charge in [0, 0.05) is 6.42 Å². The summed E-state index contributed by atoms with van der Waals surface area (Å²) in [5, 5.41) is 9.61. The molecule has 30 heavy (non-hydrogen) atoms. The van der Waals surface area contributed by atoms with Crippen LogP contribution in [0.2, 0.25) is 0 Å². The van der Waals surface area contributed by atoms with Gasteiger partial charge in [0.05, 0.1) is 11.1 Å². The lowest BCUT2D eigenvalue weighted by Crippen LogP contribution is -1.98. The van der Waals surface area contributed by atoms with Gasteiger partial charge >= 0.3 is 5.97 Å². The number of imidazole rings is 1. The molecule has 0 saturated carbocycles. The molecule has 0 aliphatic rings. The second-order valence-electron chi connectivity index (χ2n) is 7.34. The first-order valence-electron chi connectivity index (χ1n) is 9.92. The van der Waals surface area contributed by atoms with Gasteiger partial charge in [0.1, 0.15) is 11.3 Å². The maximum absolute atomic E-state index is 11.7. The van der Waals surface area contributed by atoms with Crippen LogP contribution in [0.5, 0.6) is 0 Å². The molecule has 0 unspecified atom stereocenters. The van der Waals surface area contributed by atoms with Crippen LogP contribution < -0.4 is 0 Å². The van der Waals surface area contributed by atoms with Crippen molar-refractivity contribution in [3.8, 4) is 34.6 Å². The smallest absolute Gasteiger partial charge is 0.337 e. The zero-order chi connectivity index (χ0) is 21.1. The number of H-pyrrole nitrogens is 1. The van der Waals surface area contributed by atoms with E-state index in [2.05, 4.69) is 46.2 Å². The summed E-state index contributed by atoms with van der Waals surface area (Å²) in [7, 11) is 0. The van der Waals surface area contributed by atoms with Crippen molar-refractivity contribution >= 4 is 17.0 Å². The maximum atomic E-state index is 11.7. The van der Waals surface area contributed by atoms with E-state index in [1.165, 1.54) is 11.1 Å². The number of hydrogen-bond acceptors (Lipinski definition) is 2. The number of aromatic nitrogens is 2. The normalized spacial score (nSPS) is 10.8. The van der Waals surface area contributed by atoms with Gasteiger partial charge in [-0.1, -0.05) is 48.5 Å². The van der Waals surface area contributed by atoms with Crippen molar-refractivity contribution < 1.29 is 9.90 Å². The number of nitrogens with one attached hydrogen (secondary N) is 1. The average Bonchev–Trinajstić information content (AvgIpc) is 3.13. The van der Waals surface area contributed by atoms with Crippen LogP contribution in [0.4, 0.5) is 0 Å². The number of aryl methyl sites for hydroxylation is 2. The van der Waals surface area contributed by atoms with E-state index < -0.39 is 5.97 Å². The molecular weight excluding hydrogens is 372 g/mol. The van der Waals surface area contributed by atoms with Crippen LogP contribution >= 0.6 is 0 Å². The number of aromatic carboxylic acids is 1. The molecule has 0 saturated heterocycles. The Morgan fingerprint density at radius 2 is 1.80 bits per heavy atom. The molecule has 0 radical (unpaired) electrons. The summed E-state index contributed by atoms with van der Waals surface area (Å²) >= 11 is 0. The molecule has 1 heterocycles. The van der Waals surface area contributed by atoms with E-state index in [0.717, 1.165) is 41.5 Å². The number of nitrogens with zero attached hydrogens (tertiary/aromatic N) is 1. The Kier molecular flexibility index (Phi) is 5.36. The molecule has 3 aromatic carbocycles. The van der Waals surface area contributed by atoms with Gasteiger partial charge in [0.25, 0.3) is 0 Å². The fraction of sp³-hybridized carbons (Fsp3) is 0.154. The topological polar surface area (TPSA) is 66.0 Å². The van der Waals surface area contributed by atoms with E-state index in [1.54, 1.807) is 6.07 Å². The monoisotopic (exact) mass is 394 g/mol. The van der Waals surface area contributed by atoms with Crippen LogP contribution in [-0.4, -0.2) is 21.0 Å². The lowest BCUT2D eigenvalue weighted by Gasteiger charge is -2.11. The van der Waals surface area contributed by atoms with E-state index in [9.17, 15) is 9.90 Å². The third kappa shape index (κ3) is 3.83. The number of hydrogen-bond donors (Lipinski definition) is 2. The Balaban J connectivity index is 1.70. The van der Waals surface area contributed by atoms with Crippen molar-refractivity contribution in [1.82, 2.24) is 9.97 Å². The molecule has 0 bridgehead atoms. The Morgan fingerprint density at radius 1 is 1.07 bits per heavy atom. The lowest BCUT2D eigenvalue weighted by molar-refractivity contribution is 0.0699. The van der Waals surface area contributed by atoms with Crippen molar-refractivity contribution in [2.75, 3.05) is 0 Å². The van der Waals surface area contributed by atoms with Gasteiger partial charge in [-0.3, -0.25) is 0 Å². The summed E-state index contributed by atoms with van der Waals surface area (Å²) < 4.78 is 0. The van der Waals surface area contributed by atoms with Crippen molar-refractivity contribution in [2.24, 2.45) is 0 Å². The molecule has 4 rings (SSSR count). The standard InChI is InChI=1S/C26H22N2O2/c1-3-4-5-8-19-9-6-7-10-22(19)20-13-11-18(12-14-20)21-15-23(26(29)30)25-24(16-21)27-17(2)28-25/h1,6-7,9-16H,4-5,8H2,2H3,(H,27,28)(H,29,30). The van der Waals surface area contributed by atoms with E-state index in [0.29, 0.717) is 11.3 Å². The van der Waals surface area contributed by atoms with Gasteiger partial charge in [-0.05, 0) is 59.7 Å². The van der Waals surface area contributed by atoms with Crippen molar-refractivity contribution in [1.29, 1.82) is 0 Å². The number of unbranched alkanes of at least 4 members (excludes halogenated alkanes) is 1. The molecule has 0 atom stereocenters. The molecule has 4 nitrogen and oxygen atoms in total. The van der Waals surface area contributed by atoms with E-state index in [1.807, 2.05) is 31.2 Å². The molecular formula is C26H22N2O2. The van der Waals surface area contributed by atoms with Gasteiger partial charge in [-0.25, -0.2) is 9.78 Å². The molecule has 0 amide bonds. The van der Waals surface area contributed by atoms with Crippen LogP contribution in [0, 0.1) is 19.3 Å². The minimum atomic E-state index is -0.981. The number of carbonyl (C=O) groups is 1. The van der Waals surface area contributed by atoms with Gasteiger partial charge < -0.3 is 10.1 Å². The zero-order valence-corrected chi connectivity index (χ0v) is 16.8. The predicted molar refractivity (Wildman–Crippen MR) is 120 cm³/mol. The predicted octanol–water partition coefficient (Wildman–Crippen LogP) is 5.86. The van der Waals surface area contributed by atoms with Crippen LogP contribution in [0.15, 0.2) is 60.7 Å². The number of aromatic amines is 1. The summed E-state index contributed by atoms with van der Waals surface area (Å²) in [6.07, 6.45) is 8.07. The molecule has 2 N–H and O–H groups in total. The Hall–Kier alpha value is -3.84. The minimum Gasteiger partial charge on any atom is -0.478 e. The van der Waals surface area contributed by atoms with Crippen molar-refractivity contribution in [2.45, 2.75) is 26.2 Å². The van der Waals surface area contributed by atoms with Gasteiger partial charge in [0.2, 0.25) is 0 Å². The number of terminal acetylenes is 1. The summed E-state index contributed by atoms with van der Waals surface area (Å²) in [5.74, 6) is 2.42. The Bertz CT molecular complexity index is 1260. The summed E-state index contributed by atoms with van der Waals surface area (Å²) in [6.45, 7) is 1.82. The highest BCUT2D eigenvalue weighted by Gasteiger charge is 2.15. The van der Waals surface area contributed by atoms with Crippen LogP contribution in [-0.2, 0) is 6.42 Å².